The van der Waals surface area contributed by atoms with E-state index >= 15 is 0 Å². The average Bonchev–Trinajstić information content (AvgIpc) is 3.22. The fraction of sp³-hybridized carbons (Fsp3) is 0.480. The van der Waals surface area contributed by atoms with E-state index in [0.29, 0.717) is 5.92 Å². The van der Waals surface area contributed by atoms with Gasteiger partial charge in [0.15, 0.2) is 0 Å². The molecule has 0 radical (unpaired) electrons. The molecule has 30 heavy (non-hydrogen) atoms. The van der Waals surface area contributed by atoms with E-state index in [2.05, 4.69) is 93.9 Å². The van der Waals surface area contributed by atoms with Crippen molar-refractivity contribution in [3.05, 3.63) is 51.8 Å². The maximum atomic E-state index is 9.21. The zero-order valence-electron chi connectivity index (χ0n) is 19.2. The minimum atomic E-state index is -0.246. The minimum absolute atomic E-state index is 0.0971. The number of hydrogen-bond donors (Lipinski definition) is 1. The summed E-state index contributed by atoms with van der Waals surface area (Å²) in [5.74, 6) is 0.490. The number of thioether (sulfide) groups is 1. The van der Waals surface area contributed by atoms with Gasteiger partial charge >= 0.3 is 0 Å². The van der Waals surface area contributed by atoms with Gasteiger partial charge in [0.25, 0.3) is 0 Å². The van der Waals surface area contributed by atoms with E-state index < -0.39 is 0 Å². The molecule has 0 atom stereocenters. The largest absolute Gasteiger partial charge is 0.411 e. The van der Waals surface area contributed by atoms with E-state index in [1.54, 1.807) is 17.6 Å². The van der Waals surface area contributed by atoms with Gasteiger partial charge in [-0.05, 0) is 41.5 Å². The summed E-state index contributed by atoms with van der Waals surface area (Å²) < 4.78 is 2.58. The van der Waals surface area contributed by atoms with Gasteiger partial charge in [-0.15, -0.1) is 28.3 Å². The summed E-state index contributed by atoms with van der Waals surface area (Å²) >= 11 is 3.74. The lowest BCUT2D eigenvalue weighted by Gasteiger charge is -2.24. The molecule has 0 fully saturated rings. The fourth-order valence-electron chi connectivity index (χ4n) is 3.72. The quantitative estimate of drug-likeness (QED) is 0.175. The number of rotatable bonds is 7. The molecular formula is C25H34N2OS2. The van der Waals surface area contributed by atoms with Crippen molar-refractivity contribution < 1.29 is 5.21 Å². The maximum absolute atomic E-state index is 9.21. The average molecular weight is 443 g/mol. The Morgan fingerprint density at radius 3 is 2.47 bits per heavy atom. The van der Waals surface area contributed by atoms with Gasteiger partial charge < -0.3 is 9.77 Å². The van der Waals surface area contributed by atoms with E-state index in [4.69, 9.17) is 0 Å². The van der Waals surface area contributed by atoms with Crippen molar-refractivity contribution in [1.29, 1.82) is 0 Å². The second-order valence-corrected chi connectivity index (χ2v) is 12.9. The molecule has 2 aromatic heterocycles. The minimum Gasteiger partial charge on any atom is -0.411 e. The molecule has 0 unspecified atom stereocenters. The zero-order chi connectivity index (χ0) is 22.1. The summed E-state index contributed by atoms with van der Waals surface area (Å²) in [5, 5.41) is 16.1. The molecule has 3 rings (SSSR count). The fourth-order valence-corrected chi connectivity index (χ4v) is 5.60. The molecule has 0 bridgehead atoms. The van der Waals surface area contributed by atoms with Crippen LogP contribution in [0.25, 0.3) is 10.9 Å². The first kappa shape index (κ1) is 23.0. The molecule has 1 N–H and O–H groups in total. The predicted octanol–water partition coefficient (Wildman–Crippen LogP) is 7.79. The molecule has 0 aliphatic rings. The first-order valence-electron chi connectivity index (χ1n) is 10.6. The highest BCUT2D eigenvalue weighted by Gasteiger charge is 2.27. The second-order valence-electron chi connectivity index (χ2n) is 10.00. The topological polar surface area (TPSA) is 37.5 Å². The third kappa shape index (κ3) is 5.30. The molecule has 1 aromatic carbocycles. The monoisotopic (exact) mass is 442 g/mol. The molecule has 0 amide bonds. The van der Waals surface area contributed by atoms with Crippen molar-refractivity contribution in [3.63, 3.8) is 0 Å². The van der Waals surface area contributed by atoms with Crippen LogP contribution in [0.5, 0.6) is 0 Å². The van der Waals surface area contributed by atoms with Crippen molar-refractivity contribution in [2.75, 3.05) is 0 Å². The van der Waals surface area contributed by atoms with Gasteiger partial charge in [0.05, 0.1) is 6.54 Å². The van der Waals surface area contributed by atoms with Crippen LogP contribution >= 0.6 is 23.1 Å². The molecule has 0 spiro atoms. The Balaban J connectivity index is 2.28. The molecule has 3 aromatic rings. The summed E-state index contributed by atoms with van der Waals surface area (Å²) in [5.41, 5.74) is 3.73. The highest BCUT2D eigenvalue weighted by Crippen LogP contribution is 2.43. The molecule has 3 nitrogen and oxygen atoms in total. The van der Waals surface area contributed by atoms with Gasteiger partial charge in [0.1, 0.15) is 0 Å². The second kappa shape index (κ2) is 8.80. The van der Waals surface area contributed by atoms with Gasteiger partial charge in [0, 0.05) is 42.7 Å². The Morgan fingerprint density at radius 1 is 1.17 bits per heavy atom. The van der Waals surface area contributed by atoms with Crippen molar-refractivity contribution in [2.24, 2.45) is 10.6 Å². The van der Waals surface area contributed by atoms with Crippen molar-refractivity contribution in [1.82, 2.24) is 4.57 Å². The highest BCUT2D eigenvalue weighted by molar-refractivity contribution is 8.00. The molecule has 162 valence electrons. The number of benzene rings is 1. The van der Waals surface area contributed by atoms with Gasteiger partial charge in [-0.2, -0.15) is 0 Å². The van der Waals surface area contributed by atoms with Crippen LogP contribution in [0.2, 0.25) is 0 Å². The normalized spacial score (nSPS) is 13.2. The summed E-state index contributed by atoms with van der Waals surface area (Å²) in [4.78, 5) is 2.71. The molecule has 0 aliphatic carbocycles. The van der Waals surface area contributed by atoms with E-state index in [1.807, 2.05) is 11.8 Å². The number of oxime groups is 1. The van der Waals surface area contributed by atoms with E-state index in [0.717, 1.165) is 13.0 Å². The van der Waals surface area contributed by atoms with Gasteiger partial charge in [-0.1, -0.05) is 60.6 Å². The van der Waals surface area contributed by atoms with Crippen LogP contribution in [0.1, 0.15) is 70.5 Å². The summed E-state index contributed by atoms with van der Waals surface area (Å²) in [6.45, 7) is 16.4. The number of thiophene rings is 1. The Bertz CT molecular complexity index is 1020. The first-order valence-corrected chi connectivity index (χ1v) is 12.3. The molecular weight excluding hydrogens is 408 g/mol. The number of aromatic nitrogens is 1. The highest BCUT2D eigenvalue weighted by atomic mass is 32.2. The lowest BCUT2D eigenvalue weighted by Crippen LogP contribution is -2.20. The van der Waals surface area contributed by atoms with Gasteiger partial charge in [-0.25, -0.2) is 0 Å². The molecule has 0 aliphatic heterocycles. The van der Waals surface area contributed by atoms with Crippen LogP contribution in [0, 0.1) is 5.41 Å². The van der Waals surface area contributed by atoms with E-state index in [1.165, 1.54) is 31.9 Å². The Hall–Kier alpha value is -1.72. The first-order chi connectivity index (χ1) is 14.0. The summed E-state index contributed by atoms with van der Waals surface area (Å²) in [6, 6.07) is 11.3. The van der Waals surface area contributed by atoms with Crippen LogP contribution < -0.4 is 0 Å². The van der Waals surface area contributed by atoms with Crippen molar-refractivity contribution >= 4 is 40.2 Å². The Morgan fingerprint density at radius 2 is 1.90 bits per heavy atom. The zero-order valence-corrected chi connectivity index (χ0v) is 20.8. The van der Waals surface area contributed by atoms with Gasteiger partial charge in [0.2, 0.25) is 0 Å². The number of hydrogen-bond acceptors (Lipinski definition) is 4. The van der Waals surface area contributed by atoms with Crippen molar-refractivity contribution in [3.8, 4) is 0 Å². The summed E-state index contributed by atoms with van der Waals surface area (Å²) in [6.07, 6.45) is 2.47. The van der Waals surface area contributed by atoms with Crippen LogP contribution in [0.3, 0.4) is 0 Å². The van der Waals surface area contributed by atoms with Crippen LogP contribution in [0.15, 0.2) is 45.8 Å². The molecule has 5 heteroatoms. The lowest BCUT2D eigenvalue weighted by molar-refractivity contribution is 0.313. The molecule has 2 heterocycles. The third-order valence-electron chi connectivity index (χ3n) is 5.14. The molecule has 0 saturated heterocycles. The Kier molecular flexibility index (Phi) is 6.73. The smallest absolute Gasteiger partial charge is 0.0572 e. The summed E-state index contributed by atoms with van der Waals surface area (Å²) in [7, 11) is 0. The van der Waals surface area contributed by atoms with Gasteiger partial charge in [-0.3, -0.25) is 0 Å². The van der Waals surface area contributed by atoms with Crippen LogP contribution in [0.4, 0.5) is 0 Å². The maximum Gasteiger partial charge on any atom is 0.0572 e. The number of fused-ring (bicyclic) bond motifs is 1. The van der Waals surface area contributed by atoms with Crippen LogP contribution in [-0.2, 0) is 13.0 Å². The SMILES string of the molecule is CC(C)c1ccc2c(c1)c(SC(C)(C)C)c(CC(C)(C)C=NO)n2Cc1cccs1. The van der Waals surface area contributed by atoms with E-state index in [-0.39, 0.29) is 10.2 Å². The van der Waals surface area contributed by atoms with Crippen molar-refractivity contribution in [2.45, 2.75) is 77.0 Å². The Labute approximate surface area is 189 Å². The van der Waals surface area contributed by atoms with E-state index in [9.17, 15) is 5.21 Å². The molecule has 0 saturated carbocycles. The third-order valence-corrected chi connectivity index (χ3v) is 7.28. The predicted molar refractivity (Wildman–Crippen MR) is 133 cm³/mol. The lowest BCUT2D eigenvalue weighted by atomic mass is 9.89. The van der Waals surface area contributed by atoms with Crippen LogP contribution in [-0.4, -0.2) is 20.7 Å². The standard InChI is InChI=1S/C25H34N2OS2/c1-17(2)18-10-11-21-20(13-18)23(30-24(3,4)5)22(14-25(6,7)16-26-28)27(21)15-19-9-8-12-29-19/h8-13,16-17,28H,14-15H2,1-7H3. The number of nitrogens with zero attached hydrogens (tertiary/aromatic N) is 2.